The first-order valence-electron chi connectivity index (χ1n) is 7.97. The van der Waals surface area contributed by atoms with Gasteiger partial charge in [-0.3, -0.25) is 14.4 Å². The van der Waals surface area contributed by atoms with Crippen molar-refractivity contribution in [2.75, 3.05) is 6.61 Å². The van der Waals surface area contributed by atoms with Crippen LogP contribution in [0.5, 0.6) is 0 Å². The number of hydrogen-bond acceptors (Lipinski definition) is 5. The highest BCUT2D eigenvalue weighted by molar-refractivity contribution is 6.03. The maximum Gasteiger partial charge on any atom is 0.287 e. The van der Waals surface area contributed by atoms with Crippen molar-refractivity contribution in [1.29, 1.82) is 0 Å². The third-order valence-electron chi connectivity index (χ3n) is 3.62. The van der Waals surface area contributed by atoms with E-state index in [2.05, 4.69) is 10.6 Å². The van der Waals surface area contributed by atoms with Gasteiger partial charge in [-0.15, -0.1) is 0 Å². The largest absolute Gasteiger partial charge is 0.482 e. The number of carbonyl (C=O) groups is 3. The molecule has 7 heteroatoms. The monoisotopic (exact) mass is 346 g/mol. The van der Waals surface area contributed by atoms with Crippen LogP contribution in [0.4, 0.5) is 0 Å². The van der Waals surface area contributed by atoms with Crippen molar-refractivity contribution in [3.05, 3.63) is 47.7 Å². The molecule has 0 radical (unpaired) electrons. The molecule has 0 saturated heterocycles. The van der Waals surface area contributed by atoms with Crippen LogP contribution >= 0.6 is 0 Å². The van der Waals surface area contributed by atoms with E-state index in [1.807, 2.05) is 30.3 Å². The van der Waals surface area contributed by atoms with Gasteiger partial charge in [-0.05, 0) is 19.4 Å². The van der Waals surface area contributed by atoms with E-state index in [-0.39, 0.29) is 24.5 Å². The summed E-state index contributed by atoms with van der Waals surface area (Å²) in [5.74, 6) is -1.62. The van der Waals surface area contributed by atoms with Crippen molar-refractivity contribution in [2.45, 2.75) is 38.5 Å². The van der Waals surface area contributed by atoms with E-state index in [0.29, 0.717) is 0 Å². The summed E-state index contributed by atoms with van der Waals surface area (Å²) in [6, 6.07) is 8.11. The Morgan fingerprint density at radius 2 is 1.96 bits per heavy atom. The van der Waals surface area contributed by atoms with Crippen molar-refractivity contribution in [1.82, 2.24) is 10.6 Å². The van der Waals surface area contributed by atoms with E-state index in [4.69, 9.17) is 4.74 Å². The highest BCUT2D eigenvalue weighted by Crippen LogP contribution is 2.24. The summed E-state index contributed by atoms with van der Waals surface area (Å²) in [6.07, 6.45) is 1.28. The van der Waals surface area contributed by atoms with E-state index >= 15 is 0 Å². The number of nitrogens with one attached hydrogen (secondary N) is 2. The number of carbonyl (C=O) groups excluding carboxylic acids is 3. The fourth-order valence-electron chi connectivity index (χ4n) is 2.42. The first-order valence-corrected chi connectivity index (χ1v) is 7.97. The molecule has 1 atom stereocenters. The zero-order chi connectivity index (χ0) is 18.4. The Bertz CT molecular complexity index is 682. The number of amides is 2. The van der Waals surface area contributed by atoms with Gasteiger partial charge in [0.2, 0.25) is 5.91 Å². The van der Waals surface area contributed by atoms with Crippen molar-refractivity contribution in [3.63, 3.8) is 0 Å². The van der Waals surface area contributed by atoms with E-state index in [9.17, 15) is 19.5 Å². The lowest BCUT2D eigenvalue weighted by molar-refractivity contribution is -0.134. The summed E-state index contributed by atoms with van der Waals surface area (Å²) in [6.45, 7) is 3.09. The molecule has 1 aromatic carbocycles. The molecule has 0 saturated carbocycles. The van der Waals surface area contributed by atoms with Gasteiger partial charge in [-0.1, -0.05) is 30.3 Å². The van der Waals surface area contributed by atoms with Crippen LogP contribution in [-0.4, -0.2) is 41.0 Å². The third kappa shape index (κ3) is 5.42. The van der Waals surface area contributed by atoms with E-state index < -0.39 is 30.1 Å². The number of allylic oxidation sites excluding steroid dienone is 1. The summed E-state index contributed by atoms with van der Waals surface area (Å²) in [5.41, 5.74) is 0.104. The molecule has 2 rings (SSSR count). The molecule has 1 aliphatic heterocycles. The average Bonchev–Trinajstić information content (AvgIpc) is 2.56. The molecule has 25 heavy (non-hydrogen) atoms. The molecule has 1 aromatic rings. The molecule has 0 fully saturated rings. The first kappa shape index (κ1) is 18.7. The van der Waals surface area contributed by atoms with E-state index in [1.54, 1.807) is 13.8 Å². The molecule has 0 spiro atoms. The van der Waals surface area contributed by atoms with Crippen LogP contribution < -0.4 is 10.6 Å². The molecule has 0 aromatic heterocycles. The highest BCUT2D eigenvalue weighted by atomic mass is 16.5. The molecule has 0 aliphatic carbocycles. The van der Waals surface area contributed by atoms with Gasteiger partial charge in [0.15, 0.2) is 11.5 Å². The number of benzene rings is 1. The average molecular weight is 346 g/mol. The number of ether oxygens (including phenoxy) is 1. The molecule has 7 nitrogen and oxygen atoms in total. The fraction of sp³-hybridized carbons (Fsp3) is 0.389. The Morgan fingerprint density at radius 3 is 2.56 bits per heavy atom. The van der Waals surface area contributed by atoms with Gasteiger partial charge >= 0.3 is 0 Å². The molecular formula is C18H22N2O5. The zero-order valence-corrected chi connectivity index (χ0v) is 14.2. The van der Waals surface area contributed by atoms with Crippen LogP contribution in [0.3, 0.4) is 0 Å². The lowest BCUT2D eigenvalue weighted by Crippen LogP contribution is -2.50. The first-order chi connectivity index (χ1) is 11.8. The van der Waals surface area contributed by atoms with E-state index in [0.717, 1.165) is 11.6 Å². The van der Waals surface area contributed by atoms with Crippen LogP contribution in [0, 0.1) is 0 Å². The Balaban J connectivity index is 1.95. The van der Waals surface area contributed by atoms with Gasteiger partial charge in [-0.2, -0.15) is 0 Å². The second-order valence-corrected chi connectivity index (χ2v) is 6.43. The van der Waals surface area contributed by atoms with Crippen LogP contribution in [0.25, 0.3) is 0 Å². The maximum atomic E-state index is 12.2. The van der Waals surface area contributed by atoms with Crippen molar-refractivity contribution in [2.24, 2.45) is 0 Å². The SMILES string of the molecule is CC1(C)CC(=O)C=C(C(=O)N[C@@H](CO)C(=O)NCc2ccccc2)O1. The van der Waals surface area contributed by atoms with Crippen molar-refractivity contribution in [3.8, 4) is 0 Å². The lowest BCUT2D eigenvalue weighted by atomic mass is 9.98. The molecule has 0 bridgehead atoms. The Morgan fingerprint density at radius 1 is 1.28 bits per heavy atom. The lowest BCUT2D eigenvalue weighted by Gasteiger charge is -2.30. The second kappa shape index (κ2) is 7.94. The topological polar surface area (TPSA) is 105 Å². The summed E-state index contributed by atoms with van der Waals surface area (Å²) in [7, 11) is 0. The fourth-order valence-corrected chi connectivity index (χ4v) is 2.42. The van der Waals surface area contributed by atoms with Gasteiger partial charge in [0, 0.05) is 19.0 Å². The molecule has 1 aliphatic rings. The minimum absolute atomic E-state index is 0.157. The Kier molecular flexibility index (Phi) is 5.93. The van der Waals surface area contributed by atoms with Crippen molar-refractivity contribution >= 4 is 17.6 Å². The minimum atomic E-state index is -1.14. The predicted octanol–water partition coefficient (Wildman–Crippen LogP) is 0.432. The zero-order valence-electron chi connectivity index (χ0n) is 14.2. The molecule has 134 valence electrons. The smallest absolute Gasteiger partial charge is 0.287 e. The summed E-state index contributed by atoms with van der Waals surface area (Å²) >= 11 is 0. The molecule has 3 N–H and O–H groups in total. The number of ketones is 1. The molecule has 1 heterocycles. The molecule has 0 unspecified atom stereocenters. The molecule has 2 amide bonds. The molecular weight excluding hydrogens is 324 g/mol. The summed E-state index contributed by atoms with van der Waals surface area (Å²) in [5, 5.41) is 14.4. The Labute approximate surface area is 146 Å². The number of aliphatic hydroxyl groups excluding tert-OH is 1. The normalized spacial score (nSPS) is 17.1. The number of aliphatic hydroxyl groups is 1. The van der Waals surface area contributed by atoms with Gasteiger partial charge in [0.1, 0.15) is 11.6 Å². The van der Waals surface area contributed by atoms with Crippen molar-refractivity contribution < 1.29 is 24.2 Å². The summed E-state index contributed by atoms with van der Waals surface area (Å²) in [4.78, 5) is 36.1. The standard InChI is InChI=1S/C18H22N2O5/c1-18(2)9-13(22)8-15(25-18)17(24)20-14(11-21)16(23)19-10-12-6-4-3-5-7-12/h3-8,14,21H,9-11H2,1-2H3,(H,19,23)(H,20,24)/t14-/m0/s1. The van der Waals surface area contributed by atoms with Gasteiger partial charge in [-0.25, -0.2) is 0 Å². The second-order valence-electron chi connectivity index (χ2n) is 6.43. The predicted molar refractivity (Wildman–Crippen MR) is 90.2 cm³/mol. The van der Waals surface area contributed by atoms with E-state index in [1.165, 1.54) is 0 Å². The van der Waals surface area contributed by atoms with Crippen LogP contribution in [0.1, 0.15) is 25.8 Å². The maximum absolute atomic E-state index is 12.2. The number of hydrogen-bond donors (Lipinski definition) is 3. The van der Waals surface area contributed by atoms with Gasteiger partial charge < -0.3 is 20.5 Å². The summed E-state index contributed by atoms with van der Waals surface area (Å²) < 4.78 is 5.48. The number of rotatable bonds is 6. The van der Waals surface area contributed by atoms with Crippen LogP contribution in [0.15, 0.2) is 42.2 Å². The van der Waals surface area contributed by atoms with Gasteiger partial charge in [0.05, 0.1) is 6.61 Å². The van der Waals surface area contributed by atoms with Crippen LogP contribution in [-0.2, 0) is 25.7 Å². The minimum Gasteiger partial charge on any atom is -0.482 e. The van der Waals surface area contributed by atoms with Gasteiger partial charge in [0.25, 0.3) is 5.91 Å². The highest BCUT2D eigenvalue weighted by Gasteiger charge is 2.33. The quantitative estimate of drug-likeness (QED) is 0.693. The van der Waals surface area contributed by atoms with Crippen LogP contribution in [0.2, 0.25) is 0 Å². The third-order valence-corrected chi connectivity index (χ3v) is 3.62. The Hall–Kier alpha value is -2.67.